The van der Waals surface area contributed by atoms with Crippen molar-refractivity contribution in [2.24, 2.45) is 5.92 Å². The van der Waals surface area contributed by atoms with Gasteiger partial charge in [0.05, 0.1) is 17.2 Å². The van der Waals surface area contributed by atoms with Crippen LogP contribution in [0.2, 0.25) is 0 Å². The number of ether oxygens (including phenoxy) is 1. The summed E-state index contributed by atoms with van der Waals surface area (Å²) in [7, 11) is 0. The molecular weight excluding hydrogens is 310 g/mol. The molecule has 0 bridgehead atoms. The van der Waals surface area contributed by atoms with E-state index in [0.717, 1.165) is 24.3 Å². The van der Waals surface area contributed by atoms with E-state index in [4.69, 9.17) is 10.00 Å². The van der Waals surface area contributed by atoms with E-state index in [0.29, 0.717) is 22.8 Å². The summed E-state index contributed by atoms with van der Waals surface area (Å²) < 4.78 is 5.53. The van der Waals surface area contributed by atoms with Gasteiger partial charge < -0.3 is 4.74 Å². The minimum atomic E-state index is -0.321. The van der Waals surface area contributed by atoms with Crippen LogP contribution in [0.5, 0.6) is 5.75 Å². The van der Waals surface area contributed by atoms with Crippen molar-refractivity contribution in [3.63, 3.8) is 0 Å². The van der Waals surface area contributed by atoms with Gasteiger partial charge in [-0.05, 0) is 73.4 Å². The number of nitrogens with zero attached hydrogens (tertiary/aromatic N) is 1. The monoisotopic (exact) mass is 333 g/mol. The lowest BCUT2D eigenvalue weighted by Gasteiger charge is -2.29. The third-order valence-corrected chi connectivity index (χ3v) is 5.24. The van der Waals surface area contributed by atoms with E-state index >= 15 is 0 Å². The maximum atomic E-state index is 12.7. The lowest BCUT2D eigenvalue weighted by molar-refractivity contribution is 0.0732. The summed E-state index contributed by atoms with van der Waals surface area (Å²) in [5.41, 5.74) is 2.32. The van der Waals surface area contributed by atoms with Gasteiger partial charge in [-0.15, -0.1) is 0 Å². The Kier molecular flexibility index (Phi) is 5.50. The molecular formula is C22H23NO2. The number of benzene rings is 2. The quantitative estimate of drug-likeness (QED) is 0.551. The van der Waals surface area contributed by atoms with Crippen molar-refractivity contribution in [2.75, 3.05) is 0 Å². The van der Waals surface area contributed by atoms with Crippen molar-refractivity contribution in [3.05, 3.63) is 65.2 Å². The molecule has 0 heterocycles. The van der Waals surface area contributed by atoms with Crippen LogP contribution >= 0.6 is 0 Å². The van der Waals surface area contributed by atoms with Crippen molar-refractivity contribution in [2.45, 2.75) is 44.9 Å². The van der Waals surface area contributed by atoms with Crippen molar-refractivity contribution < 1.29 is 9.53 Å². The zero-order valence-corrected chi connectivity index (χ0v) is 14.6. The Morgan fingerprint density at radius 2 is 1.76 bits per heavy atom. The first-order valence-corrected chi connectivity index (χ1v) is 9.02. The predicted molar refractivity (Wildman–Crippen MR) is 97.5 cm³/mol. The van der Waals surface area contributed by atoms with Crippen LogP contribution in [0.4, 0.5) is 0 Å². The summed E-state index contributed by atoms with van der Waals surface area (Å²) >= 11 is 0. The number of hydrogen-bond acceptors (Lipinski definition) is 3. The Balaban J connectivity index is 1.75. The molecule has 0 aliphatic heterocycles. The molecule has 0 amide bonds. The third kappa shape index (κ3) is 4.09. The Labute approximate surface area is 149 Å². The van der Waals surface area contributed by atoms with E-state index in [1.807, 2.05) is 18.2 Å². The van der Waals surface area contributed by atoms with Crippen molar-refractivity contribution in [1.29, 1.82) is 5.26 Å². The van der Waals surface area contributed by atoms with E-state index in [-0.39, 0.29) is 5.97 Å². The molecule has 0 spiro atoms. The summed E-state index contributed by atoms with van der Waals surface area (Å²) in [4.78, 5) is 12.7. The molecule has 0 unspecified atom stereocenters. The zero-order valence-electron chi connectivity index (χ0n) is 14.6. The highest BCUT2D eigenvalue weighted by atomic mass is 16.5. The predicted octanol–water partition coefficient (Wildman–Crippen LogP) is 5.46. The summed E-state index contributed by atoms with van der Waals surface area (Å²) in [6.07, 6.45) is 5.99. The molecule has 3 heteroatoms. The van der Waals surface area contributed by atoms with Crippen LogP contribution in [0.15, 0.2) is 48.5 Å². The number of hydrogen-bond donors (Lipinski definition) is 0. The number of carbonyl (C=O) groups excluding carboxylic acids is 1. The molecule has 0 N–H and O–H groups in total. The Hall–Kier alpha value is -2.60. The lowest BCUT2D eigenvalue weighted by Crippen LogP contribution is -2.17. The van der Waals surface area contributed by atoms with Gasteiger partial charge in [-0.2, -0.15) is 5.26 Å². The molecule has 3 rings (SSSR count). The second-order valence-corrected chi connectivity index (χ2v) is 6.74. The summed E-state index contributed by atoms with van der Waals surface area (Å²) in [6.45, 7) is 2.26. The minimum Gasteiger partial charge on any atom is -0.423 e. The highest BCUT2D eigenvalue weighted by Gasteiger charge is 2.25. The highest BCUT2D eigenvalue weighted by Crippen LogP contribution is 2.38. The second kappa shape index (κ2) is 7.98. The van der Waals surface area contributed by atoms with Crippen LogP contribution in [0.1, 0.15) is 66.4 Å². The Morgan fingerprint density at radius 1 is 1.08 bits per heavy atom. The van der Waals surface area contributed by atoms with Crippen LogP contribution in [-0.2, 0) is 0 Å². The molecule has 0 radical (unpaired) electrons. The average Bonchev–Trinajstić information content (AvgIpc) is 2.68. The Bertz CT molecular complexity index is 765. The maximum Gasteiger partial charge on any atom is 0.343 e. The molecule has 2 aromatic carbocycles. The van der Waals surface area contributed by atoms with E-state index in [1.54, 1.807) is 24.3 Å². The van der Waals surface area contributed by atoms with Gasteiger partial charge in [-0.25, -0.2) is 4.79 Å². The van der Waals surface area contributed by atoms with Gasteiger partial charge >= 0.3 is 5.97 Å². The number of esters is 1. The van der Waals surface area contributed by atoms with Crippen LogP contribution in [-0.4, -0.2) is 5.97 Å². The first-order chi connectivity index (χ1) is 12.2. The molecule has 0 aromatic heterocycles. The van der Waals surface area contributed by atoms with Crippen molar-refractivity contribution in [3.8, 4) is 11.8 Å². The van der Waals surface area contributed by atoms with Gasteiger partial charge in [0, 0.05) is 0 Å². The normalized spacial score (nSPS) is 19.8. The molecule has 1 saturated carbocycles. The summed E-state index contributed by atoms with van der Waals surface area (Å²) in [6, 6.07) is 16.5. The highest BCUT2D eigenvalue weighted by molar-refractivity contribution is 5.92. The topological polar surface area (TPSA) is 50.1 Å². The van der Waals surface area contributed by atoms with Gasteiger partial charge in [0.25, 0.3) is 0 Å². The molecule has 1 aliphatic rings. The van der Waals surface area contributed by atoms with Crippen LogP contribution < -0.4 is 4.74 Å². The molecule has 0 atom stereocenters. The van der Waals surface area contributed by atoms with Gasteiger partial charge in [0.1, 0.15) is 5.75 Å². The van der Waals surface area contributed by atoms with Gasteiger partial charge in [0.2, 0.25) is 0 Å². The maximum absolute atomic E-state index is 12.7. The fourth-order valence-electron chi connectivity index (χ4n) is 3.68. The third-order valence-electron chi connectivity index (χ3n) is 5.24. The van der Waals surface area contributed by atoms with Crippen molar-refractivity contribution in [1.82, 2.24) is 0 Å². The number of nitriles is 1. The van der Waals surface area contributed by atoms with Crippen LogP contribution in [0, 0.1) is 17.2 Å². The minimum absolute atomic E-state index is 0.321. The second-order valence-electron chi connectivity index (χ2n) is 6.74. The van der Waals surface area contributed by atoms with Crippen LogP contribution in [0.25, 0.3) is 0 Å². The number of carbonyl (C=O) groups is 1. The molecule has 1 aliphatic carbocycles. The fourth-order valence-corrected chi connectivity index (χ4v) is 3.68. The van der Waals surface area contributed by atoms with Gasteiger partial charge in [0.15, 0.2) is 0 Å². The molecule has 0 saturated heterocycles. The van der Waals surface area contributed by atoms with Crippen molar-refractivity contribution >= 4 is 5.97 Å². The van der Waals surface area contributed by atoms with E-state index in [1.165, 1.54) is 19.3 Å². The first-order valence-electron chi connectivity index (χ1n) is 9.02. The lowest BCUT2D eigenvalue weighted by atomic mass is 9.76. The molecule has 2 aromatic rings. The Morgan fingerprint density at radius 3 is 2.40 bits per heavy atom. The average molecular weight is 333 g/mol. The van der Waals surface area contributed by atoms with Gasteiger partial charge in [-0.1, -0.05) is 31.5 Å². The SMILES string of the molecule is CCC1CCC(c2ccccc2C(=O)Oc2ccc(C#N)cc2)CC1. The van der Waals surface area contributed by atoms with Gasteiger partial charge in [-0.3, -0.25) is 0 Å². The fraction of sp³-hybridized carbons (Fsp3) is 0.364. The molecule has 1 fully saturated rings. The standard InChI is InChI=1S/C22H23NO2/c1-2-16-7-11-18(12-8-16)20-5-3-4-6-21(20)22(24)25-19-13-9-17(15-23)10-14-19/h3-6,9-10,13-14,16,18H,2,7-8,11-12H2,1H3. The molecule has 25 heavy (non-hydrogen) atoms. The van der Waals surface area contributed by atoms with Crippen LogP contribution in [0.3, 0.4) is 0 Å². The van der Waals surface area contributed by atoms with E-state index in [2.05, 4.69) is 19.1 Å². The summed E-state index contributed by atoms with van der Waals surface area (Å²) in [5, 5.41) is 8.85. The van der Waals surface area contributed by atoms with E-state index in [9.17, 15) is 4.79 Å². The smallest absolute Gasteiger partial charge is 0.343 e. The first kappa shape index (κ1) is 17.2. The number of rotatable bonds is 4. The molecule has 128 valence electrons. The largest absolute Gasteiger partial charge is 0.423 e. The molecule has 3 nitrogen and oxygen atoms in total. The van der Waals surface area contributed by atoms with E-state index < -0.39 is 0 Å². The summed E-state index contributed by atoms with van der Waals surface area (Å²) in [5.74, 6) is 1.41. The zero-order chi connectivity index (χ0) is 17.6.